The predicted molar refractivity (Wildman–Crippen MR) is 89.8 cm³/mol. The molecule has 0 spiro atoms. The van der Waals surface area contributed by atoms with E-state index in [1.54, 1.807) is 31.4 Å². The number of amides is 2. The summed E-state index contributed by atoms with van der Waals surface area (Å²) in [6, 6.07) is 10.6. The van der Waals surface area contributed by atoms with E-state index in [2.05, 4.69) is 5.32 Å². The number of benzene rings is 2. The van der Waals surface area contributed by atoms with Crippen LogP contribution in [-0.4, -0.2) is 18.9 Å². The number of hydrogen-bond donors (Lipinski definition) is 2. The van der Waals surface area contributed by atoms with Gasteiger partial charge in [0.05, 0.1) is 24.8 Å². The fraction of sp³-hybridized carbons (Fsp3) is 0.222. The molecular formula is C18H20N2O3. The SMILES string of the molecule is COc1c(C)cc(C)cc1CC(=O)Nc1ccccc1C(N)=O. The third-order valence-electron chi connectivity index (χ3n) is 3.52. The number of anilines is 1. The van der Waals surface area contributed by atoms with Crippen molar-refractivity contribution in [2.45, 2.75) is 20.3 Å². The van der Waals surface area contributed by atoms with Crippen LogP contribution >= 0.6 is 0 Å². The molecule has 2 rings (SSSR count). The van der Waals surface area contributed by atoms with E-state index in [0.717, 1.165) is 16.7 Å². The van der Waals surface area contributed by atoms with Crippen LogP contribution in [0.1, 0.15) is 27.0 Å². The molecule has 0 aliphatic heterocycles. The Labute approximate surface area is 135 Å². The third-order valence-corrected chi connectivity index (χ3v) is 3.52. The molecule has 0 fully saturated rings. The molecule has 0 saturated heterocycles. The van der Waals surface area contributed by atoms with Gasteiger partial charge in [-0.25, -0.2) is 0 Å². The highest BCUT2D eigenvalue weighted by molar-refractivity contribution is 6.03. The summed E-state index contributed by atoms with van der Waals surface area (Å²) in [5.74, 6) is -0.110. The second kappa shape index (κ2) is 6.96. The molecular weight excluding hydrogens is 292 g/mol. The van der Waals surface area contributed by atoms with Crippen LogP contribution in [0.3, 0.4) is 0 Å². The molecule has 0 aliphatic rings. The van der Waals surface area contributed by atoms with Crippen molar-refractivity contribution < 1.29 is 14.3 Å². The Balaban J connectivity index is 2.23. The Bertz CT molecular complexity index is 754. The topological polar surface area (TPSA) is 81.4 Å². The lowest BCUT2D eigenvalue weighted by atomic mass is 10.0. The number of carbonyl (C=O) groups excluding carboxylic acids is 2. The van der Waals surface area contributed by atoms with E-state index in [1.165, 1.54) is 0 Å². The lowest BCUT2D eigenvalue weighted by Crippen LogP contribution is -2.19. The summed E-state index contributed by atoms with van der Waals surface area (Å²) in [5, 5.41) is 2.74. The van der Waals surface area contributed by atoms with Crippen LogP contribution in [0.5, 0.6) is 5.75 Å². The zero-order valence-electron chi connectivity index (χ0n) is 13.5. The minimum absolute atomic E-state index is 0.152. The van der Waals surface area contributed by atoms with Crippen LogP contribution in [0.2, 0.25) is 0 Å². The number of hydrogen-bond acceptors (Lipinski definition) is 3. The van der Waals surface area contributed by atoms with E-state index in [-0.39, 0.29) is 17.9 Å². The van der Waals surface area contributed by atoms with Crippen LogP contribution in [0, 0.1) is 13.8 Å². The maximum absolute atomic E-state index is 12.3. The van der Waals surface area contributed by atoms with E-state index >= 15 is 0 Å². The van der Waals surface area contributed by atoms with Gasteiger partial charge in [0.2, 0.25) is 5.91 Å². The van der Waals surface area contributed by atoms with Crippen LogP contribution in [0.25, 0.3) is 0 Å². The first-order chi connectivity index (χ1) is 10.9. The lowest BCUT2D eigenvalue weighted by Gasteiger charge is -2.13. The van der Waals surface area contributed by atoms with Crippen LogP contribution in [0.4, 0.5) is 5.69 Å². The molecule has 0 unspecified atom stereocenters. The predicted octanol–water partition coefficient (Wildman–Crippen LogP) is 2.59. The van der Waals surface area contributed by atoms with Crippen molar-refractivity contribution in [3.63, 3.8) is 0 Å². The van der Waals surface area contributed by atoms with Gasteiger partial charge in [-0.1, -0.05) is 29.8 Å². The Kier molecular flexibility index (Phi) is 5.01. The zero-order chi connectivity index (χ0) is 17.0. The van der Waals surface area contributed by atoms with Gasteiger partial charge in [-0.05, 0) is 31.5 Å². The summed E-state index contributed by atoms with van der Waals surface area (Å²) >= 11 is 0. The minimum Gasteiger partial charge on any atom is -0.496 e. The van der Waals surface area contributed by atoms with Crippen molar-refractivity contribution in [2.75, 3.05) is 12.4 Å². The molecule has 0 radical (unpaired) electrons. The monoisotopic (exact) mass is 312 g/mol. The number of primary amides is 1. The van der Waals surface area contributed by atoms with Gasteiger partial charge in [0.15, 0.2) is 0 Å². The Hall–Kier alpha value is -2.82. The molecule has 23 heavy (non-hydrogen) atoms. The largest absolute Gasteiger partial charge is 0.496 e. The number of nitrogens with two attached hydrogens (primary N) is 1. The number of para-hydroxylation sites is 1. The van der Waals surface area contributed by atoms with Gasteiger partial charge in [-0.2, -0.15) is 0 Å². The number of ether oxygens (including phenoxy) is 1. The van der Waals surface area contributed by atoms with Gasteiger partial charge in [0.25, 0.3) is 5.91 Å². The van der Waals surface area contributed by atoms with Gasteiger partial charge in [0.1, 0.15) is 5.75 Å². The first-order valence-corrected chi connectivity index (χ1v) is 7.25. The summed E-state index contributed by atoms with van der Waals surface area (Å²) in [6.45, 7) is 3.91. The Morgan fingerprint density at radius 2 is 1.87 bits per heavy atom. The van der Waals surface area contributed by atoms with Crippen molar-refractivity contribution in [3.05, 3.63) is 58.7 Å². The summed E-state index contributed by atoms with van der Waals surface area (Å²) in [4.78, 5) is 23.7. The fourth-order valence-corrected chi connectivity index (χ4v) is 2.64. The first-order valence-electron chi connectivity index (χ1n) is 7.25. The summed E-state index contributed by atoms with van der Waals surface area (Å²) in [6.07, 6.45) is 0.152. The zero-order valence-corrected chi connectivity index (χ0v) is 13.5. The fourth-order valence-electron chi connectivity index (χ4n) is 2.64. The van der Waals surface area contributed by atoms with E-state index in [9.17, 15) is 9.59 Å². The molecule has 120 valence electrons. The molecule has 0 bridgehead atoms. The second-order valence-corrected chi connectivity index (χ2v) is 5.41. The number of rotatable bonds is 5. The third kappa shape index (κ3) is 3.88. The van der Waals surface area contributed by atoms with Gasteiger partial charge in [0, 0.05) is 5.56 Å². The lowest BCUT2D eigenvalue weighted by molar-refractivity contribution is -0.115. The summed E-state index contributed by atoms with van der Waals surface area (Å²) in [5.41, 5.74) is 8.86. The minimum atomic E-state index is -0.579. The van der Waals surface area contributed by atoms with Gasteiger partial charge >= 0.3 is 0 Å². The molecule has 2 amide bonds. The van der Waals surface area contributed by atoms with Crippen molar-refractivity contribution >= 4 is 17.5 Å². The normalized spacial score (nSPS) is 10.2. The highest BCUT2D eigenvalue weighted by atomic mass is 16.5. The average Bonchev–Trinajstić information content (AvgIpc) is 2.47. The molecule has 0 aromatic heterocycles. The van der Waals surface area contributed by atoms with Gasteiger partial charge in [-0.3, -0.25) is 9.59 Å². The van der Waals surface area contributed by atoms with Crippen molar-refractivity contribution in [1.29, 1.82) is 0 Å². The Morgan fingerprint density at radius 1 is 1.17 bits per heavy atom. The number of carbonyl (C=O) groups is 2. The molecule has 2 aromatic rings. The Morgan fingerprint density at radius 3 is 2.52 bits per heavy atom. The van der Waals surface area contributed by atoms with E-state index in [1.807, 2.05) is 26.0 Å². The highest BCUT2D eigenvalue weighted by Crippen LogP contribution is 2.26. The van der Waals surface area contributed by atoms with E-state index < -0.39 is 5.91 Å². The number of methoxy groups -OCH3 is 1. The van der Waals surface area contributed by atoms with Crippen molar-refractivity contribution in [3.8, 4) is 5.75 Å². The second-order valence-electron chi connectivity index (χ2n) is 5.41. The van der Waals surface area contributed by atoms with Crippen molar-refractivity contribution in [1.82, 2.24) is 0 Å². The van der Waals surface area contributed by atoms with Crippen molar-refractivity contribution in [2.24, 2.45) is 5.73 Å². The molecule has 5 heteroatoms. The molecule has 0 heterocycles. The maximum atomic E-state index is 12.3. The molecule has 0 aliphatic carbocycles. The van der Waals surface area contributed by atoms with Crippen LogP contribution in [-0.2, 0) is 11.2 Å². The van der Waals surface area contributed by atoms with Crippen LogP contribution < -0.4 is 15.8 Å². The smallest absolute Gasteiger partial charge is 0.250 e. The molecule has 0 atom stereocenters. The van der Waals surface area contributed by atoms with Crippen LogP contribution in [0.15, 0.2) is 36.4 Å². The summed E-state index contributed by atoms with van der Waals surface area (Å²) < 4.78 is 5.39. The van der Waals surface area contributed by atoms with Gasteiger partial charge < -0.3 is 15.8 Å². The van der Waals surface area contributed by atoms with E-state index in [0.29, 0.717) is 11.4 Å². The molecule has 0 saturated carbocycles. The van der Waals surface area contributed by atoms with Gasteiger partial charge in [-0.15, -0.1) is 0 Å². The maximum Gasteiger partial charge on any atom is 0.250 e. The van der Waals surface area contributed by atoms with E-state index in [4.69, 9.17) is 10.5 Å². The first kappa shape index (κ1) is 16.5. The number of aryl methyl sites for hydroxylation is 2. The summed E-state index contributed by atoms with van der Waals surface area (Å²) in [7, 11) is 1.58. The number of nitrogens with one attached hydrogen (secondary N) is 1. The molecule has 2 aromatic carbocycles. The quantitative estimate of drug-likeness (QED) is 0.890. The average molecular weight is 312 g/mol. The standard InChI is InChI=1S/C18H20N2O3/c1-11-8-12(2)17(23-3)13(9-11)10-16(21)20-15-7-5-4-6-14(15)18(19)22/h4-9H,10H2,1-3H3,(H2,19,22)(H,20,21). The molecule has 5 nitrogen and oxygen atoms in total. The molecule has 3 N–H and O–H groups in total. The highest BCUT2D eigenvalue weighted by Gasteiger charge is 2.14.